The van der Waals surface area contributed by atoms with Crippen molar-refractivity contribution in [3.63, 3.8) is 0 Å². The van der Waals surface area contributed by atoms with Gasteiger partial charge in [0.15, 0.2) is 11.5 Å². The van der Waals surface area contributed by atoms with Crippen molar-refractivity contribution in [1.29, 1.82) is 0 Å². The molecule has 0 spiro atoms. The highest BCUT2D eigenvalue weighted by Crippen LogP contribution is 2.43. The van der Waals surface area contributed by atoms with Gasteiger partial charge < -0.3 is 19.9 Å². The zero-order chi connectivity index (χ0) is 13.2. The zero-order valence-electron chi connectivity index (χ0n) is 9.53. The molecule has 0 saturated heterocycles. The Morgan fingerprint density at radius 3 is 2.89 bits per heavy atom. The number of ether oxygens (including phenoxy) is 2. The first-order valence-corrected chi connectivity index (χ1v) is 5.40. The normalized spacial score (nSPS) is 17.5. The van der Waals surface area contributed by atoms with E-state index in [4.69, 9.17) is 5.11 Å². The zero-order valence-corrected chi connectivity index (χ0v) is 9.53. The van der Waals surface area contributed by atoms with Crippen LogP contribution in [0.5, 0.6) is 11.5 Å². The van der Waals surface area contributed by atoms with Crippen LogP contribution in [0.25, 0.3) is 0 Å². The lowest BCUT2D eigenvalue weighted by molar-refractivity contribution is -0.286. The molecular formula is C12H13F2NO3. The standard InChI is InChI=1S/C12H13F2NO3/c1-2-9(7-16)15-6-8-4-3-5-10-11(8)18-12(13,14)17-10/h2-5,9,15-16H,1,6-7H2/t9-/m1/s1. The Kier molecular flexibility index (Phi) is 3.49. The average Bonchev–Trinajstić information content (AvgIpc) is 2.65. The first kappa shape index (κ1) is 12.8. The number of para-hydroxylation sites is 1. The Balaban J connectivity index is 2.12. The van der Waals surface area contributed by atoms with Gasteiger partial charge >= 0.3 is 6.29 Å². The molecule has 1 aliphatic heterocycles. The number of hydrogen-bond donors (Lipinski definition) is 2. The topological polar surface area (TPSA) is 50.7 Å². The summed E-state index contributed by atoms with van der Waals surface area (Å²) in [4.78, 5) is 0. The van der Waals surface area contributed by atoms with Gasteiger partial charge in [-0.3, -0.25) is 0 Å². The molecule has 0 bridgehead atoms. The predicted octanol–water partition coefficient (Wildman–Crippen LogP) is 1.64. The smallest absolute Gasteiger partial charge is 0.395 e. The fourth-order valence-electron chi connectivity index (χ4n) is 1.63. The minimum Gasteiger partial charge on any atom is -0.395 e. The molecule has 0 amide bonds. The number of nitrogens with one attached hydrogen (secondary N) is 1. The maximum absolute atomic E-state index is 12.9. The Morgan fingerprint density at radius 2 is 2.22 bits per heavy atom. The molecule has 1 aliphatic rings. The summed E-state index contributed by atoms with van der Waals surface area (Å²) in [5.74, 6) is 0.0363. The third-order valence-electron chi connectivity index (χ3n) is 2.55. The molecule has 0 saturated carbocycles. The number of aliphatic hydroxyl groups excluding tert-OH is 1. The van der Waals surface area contributed by atoms with Gasteiger partial charge in [0.2, 0.25) is 0 Å². The van der Waals surface area contributed by atoms with E-state index in [-0.39, 0.29) is 30.7 Å². The fourth-order valence-corrected chi connectivity index (χ4v) is 1.63. The van der Waals surface area contributed by atoms with Crippen molar-refractivity contribution in [2.45, 2.75) is 18.9 Å². The van der Waals surface area contributed by atoms with Crippen LogP contribution in [0.1, 0.15) is 5.56 Å². The van der Waals surface area contributed by atoms with Gasteiger partial charge in [-0.05, 0) is 6.07 Å². The third-order valence-corrected chi connectivity index (χ3v) is 2.55. The van der Waals surface area contributed by atoms with Gasteiger partial charge in [-0.2, -0.15) is 0 Å². The summed E-state index contributed by atoms with van der Waals surface area (Å²) in [7, 11) is 0. The van der Waals surface area contributed by atoms with Gasteiger partial charge in [0, 0.05) is 18.2 Å². The Bertz CT molecular complexity index is 451. The second kappa shape index (κ2) is 4.91. The summed E-state index contributed by atoms with van der Waals surface area (Å²) in [6, 6.07) is 4.36. The summed E-state index contributed by atoms with van der Waals surface area (Å²) in [6.45, 7) is 3.69. The van der Waals surface area contributed by atoms with Gasteiger partial charge in [0.05, 0.1) is 6.61 Å². The highest BCUT2D eigenvalue weighted by molar-refractivity contribution is 5.48. The highest BCUT2D eigenvalue weighted by atomic mass is 19.3. The monoisotopic (exact) mass is 257 g/mol. The molecule has 0 aliphatic carbocycles. The van der Waals surface area contributed by atoms with Gasteiger partial charge in [0.1, 0.15) is 0 Å². The van der Waals surface area contributed by atoms with Crippen LogP contribution >= 0.6 is 0 Å². The molecule has 0 aromatic heterocycles. The number of hydrogen-bond acceptors (Lipinski definition) is 4. The number of rotatable bonds is 5. The van der Waals surface area contributed by atoms with Crippen LogP contribution in [-0.4, -0.2) is 24.0 Å². The van der Waals surface area contributed by atoms with Crippen LogP contribution in [-0.2, 0) is 6.54 Å². The molecule has 1 heterocycles. The van der Waals surface area contributed by atoms with Crippen LogP contribution in [0.2, 0.25) is 0 Å². The summed E-state index contributed by atoms with van der Waals surface area (Å²) < 4.78 is 34.6. The van der Waals surface area contributed by atoms with Crippen LogP contribution < -0.4 is 14.8 Å². The second-order valence-corrected chi connectivity index (χ2v) is 3.82. The average molecular weight is 257 g/mol. The van der Waals surface area contributed by atoms with E-state index in [0.29, 0.717) is 5.56 Å². The van der Waals surface area contributed by atoms with Gasteiger partial charge in [0.25, 0.3) is 0 Å². The van der Waals surface area contributed by atoms with Crippen molar-refractivity contribution >= 4 is 0 Å². The van der Waals surface area contributed by atoms with Crippen molar-refractivity contribution in [2.75, 3.05) is 6.61 Å². The lowest BCUT2D eigenvalue weighted by atomic mass is 10.1. The quantitative estimate of drug-likeness (QED) is 0.787. The Morgan fingerprint density at radius 1 is 1.44 bits per heavy atom. The largest absolute Gasteiger partial charge is 0.586 e. The third kappa shape index (κ3) is 2.60. The van der Waals surface area contributed by atoms with E-state index in [9.17, 15) is 8.78 Å². The first-order valence-electron chi connectivity index (χ1n) is 5.40. The molecule has 2 rings (SSSR count). The van der Waals surface area contributed by atoms with Crippen LogP contribution in [0.3, 0.4) is 0 Å². The summed E-state index contributed by atoms with van der Waals surface area (Å²) in [5, 5.41) is 11.9. The molecule has 1 aromatic rings. The van der Waals surface area contributed by atoms with Gasteiger partial charge in [-0.25, -0.2) is 0 Å². The van der Waals surface area contributed by atoms with E-state index in [1.165, 1.54) is 12.1 Å². The summed E-state index contributed by atoms with van der Waals surface area (Å²) in [5.41, 5.74) is 0.532. The van der Waals surface area contributed by atoms with Crippen molar-refractivity contribution < 1.29 is 23.4 Å². The number of halogens is 2. The van der Waals surface area contributed by atoms with E-state index >= 15 is 0 Å². The van der Waals surface area contributed by atoms with E-state index in [2.05, 4.69) is 21.4 Å². The van der Waals surface area contributed by atoms with Crippen molar-refractivity contribution in [1.82, 2.24) is 5.32 Å². The summed E-state index contributed by atoms with van der Waals surface area (Å²) >= 11 is 0. The molecule has 1 aromatic carbocycles. The molecule has 0 radical (unpaired) electrons. The minimum atomic E-state index is -3.62. The summed E-state index contributed by atoms with van der Waals surface area (Å²) in [6.07, 6.45) is -2.08. The minimum absolute atomic E-state index is 0.0125. The van der Waals surface area contributed by atoms with Crippen molar-refractivity contribution in [2.24, 2.45) is 0 Å². The second-order valence-electron chi connectivity index (χ2n) is 3.82. The maximum Gasteiger partial charge on any atom is 0.586 e. The van der Waals surface area contributed by atoms with E-state index < -0.39 is 6.29 Å². The SMILES string of the molecule is C=C[C@H](CO)NCc1cccc2c1OC(F)(F)O2. The molecule has 6 heteroatoms. The van der Waals surface area contributed by atoms with Crippen molar-refractivity contribution in [3.8, 4) is 11.5 Å². The number of fused-ring (bicyclic) bond motifs is 1. The van der Waals surface area contributed by atoms with Gasteiger partial charge in [-0.15, -0.1) is 15.4 Å². The molecular weight excluding hydrogens is 244 g/mol. The molecule has 0 fully saturated rings. The van der Waals surface area contributed by atoms with E-state index in [1.807, 2.05) is 0 Å². The highest BCUT2D eigenvalue weighted by Gasteiger charge is 2.44. The molecule has 4 nitrogen and oxygen atoms in total. The first-order chi connectivity index (χ1) is 8.55. The molecule has 18 heavy (non-hydrogen) atoms. The predicted molar refractivity (Wildman–Crippen MR) is 60.6 cm³/mol. The fraction of sp³-hybridized carbons (Fsp3) is 0.333. The number of benzene rings is 1. The molecule has 0 unspecified atom stereocenters. The number of aliphatic hydroxyl groups is 1. The van der Waals surface area contributed by atoms with E-state index in [1.54, 1.807) is 12.1 Å². The Hall–Kier alpha value is -1.66. The molecule has 2 N–H and O–H groups in total. The molecule has 98 valence electrons. The van der Waals surface area contributed by atoms with Crippen LogP contribution in [0.4, 0.5) is 8.78 Å². The lowest BCUT2D eigenvalue weighted by Crippen LogP contribution is -2.30. The number of alkyl halides is 2. The van der Waals surface area contributed by atoms with Crippen LogP contribution in [0, 0.1) is 0 Å². The van der Waals surface area contributed by atoms with Crippen LogP contribution in [0.15, 0.2) is 30.9 Å². The van der Waals surface area contributed by atoms with E-state index in [0.717, 1.165) is 0 Å². The van der Waals surface area contributed by atoms with Gasteiger partial charge in [-0.1, -0.05) is 18.2 Å². The Labute approximate surface area is 103 Å². The molecule has 1 atom stereocenters. The maximum atomic E-state index is 12.9. The lowest BCUT2D eigenvalue weighted by Gasteiger charge is -2.12. The van der Waals surface area contributed by atoms with Crippen molar-refractivity contribution in [3.05, 3.63) is 36.4 Å².